The number of hydrogen-bond acceptors (Lipinski definition) is 2. The Labute approximate surface area is 189 Å². The van der Waals surface area contributed by atoms with Crippen LogP contribution in [0, 0.1) is 5.92 Å². The van der Waals surface area contributed by atoms with E-state index in [1.807, 2.05) is 24.3 Å². The Balaban J connectivity index is 1.38. The van der Waals surface area contributed by atoms with Crippen LogP contribution in [-0.2, 0) is 4.79 Å². The number of likely N-dealkylation sites (N-methyl/N-ethyl adjacent to an activating group) is 1. The van der Waals surface area contributed by atoms with Crippen LogP contribution < -0.4 is 0 Å². The summed E-state index contributed by atoms with van der Waals surface area (Å²) in [5, 5.41) is 11.6. The molecule has 3 aromatic carbocycles. The summed E-state index contributed by atoms with van der Waals surface area (Å²) in [6, 6.07) is 23.0. The lowest BCUT2D eigenvalue weighted by Crippen LogP contribution is -2.31. The van der Waals surface area contributed by atoms with Gasteiger partial charge < -0.3 is 10.0 Å². The van der Waals surface area contributed by atoms with E-state index in [2.05, 4.69) is 49.4 Å². The molecule has 3 aromatic rings. The molecule has 1 aliphatic rings. The Morgan fingerprint density at radius 2 is 1.72 bits per heavy atom. The lowest BCUT2D eigenvalue weighted by atomic mass is 9.86. The van der Waals surface area contributed by atoms with Gasteiger partial charge >= 0.3 is 5.97 Å². The fourth-order valence-electron chi connectivity index (χ4n) is 5.29. The fourth-order valence-corrected chi connectivity index (χ4v) is 5.29. The number of amides is 1. The number of carbonyl (C=O) groups is 2. The molecule has 1 fully saturated rings. The van der Waals surface area contributed by atoms with Crippen molar-refractivity contribution in [3.8, 4) is 0 Å². The lowest BCUT2D eigenvalue weighted by Gasteiger charge is -2.19. The highest BCUT2D eigenvalue weighted by Gasteiger charge is 2.28. The molecular formula is C28H31NO3. The Morgan fingerprint density at radius 3 is 2.47 bits per heavy atom. The molecule has 4 heteroatoms. The van der Waals surface area contributed by atoms with Gasteiger partial charge in [0.1, 0.15) is 6.54 Å². The first-order valence-electron chi connectivity index (χ1n) is 11.5. The first kappa shape index (κ1) is 22.1. The minimum atomic E-state index is -1.01. The average molecular weight is 430 g/mol. The minimum Gasteiger partial charge on any atom is -0.480 e. The van der Waals surface area contributed by atoms with Crippen molar-refractivity contribution >= 4 is 22.6 Å². The summed E-state index contributed by atoms with van der Waals surface area (Å²) in [4.78, 5) is 24.5. The topological polar surface area (TPSA) is 57.6 Å². The maximum atomic E-state index is 12.4. The second-order valence-corrected chi connectivity index (χ2v) is 9.26. The molecule has 0 spiro atoms. The monoisotopic (exact) mass is 429 g/mol. The SMILES string of the molecule is C[C@@H](C[C@H]1CC[C@@H](c2ccc(C(=O)N(C)CC(=O)O)cc2)C1)c1cccc2ccccc12. The van der Waals surface area contributed by atoms with Crippen LogP contribution in [-0.4, -0.2) is 35.5 Å². The third-order valence-electron chi connectivity index (χ3n) is 6.93. The van der Waals surface area contributed by atoms with Crippen molar-refractivity contribution in [2.24, 2.45) is 5.92 Å². The minimum absolute atomic E-state index is 0.257. The van der Waals surface area contributed by atoms with Crippen molar-refractivity contribution in [3.05, 3.63) is 83.4 Å². The Bertz CT molecular complexity index is 1100. The zero-order chi connectivity index (χ0) is 22.7. The summed E-state index contributed by atoms with van der Waals surface area (Å²) < 4.78 is 0. The van der Waals surface area contributed by atoms with Gasteiger partial charge in [-0.1, -0.05) is 61.5 Å². The van der Waals surface area contributed by atoms with E-state index in [9.17, 15) is 9.59 Å². The molecule has 0 radical (unpaired) electrons. The molecule has 1 saturated carbocycles. The van der Waals surface area contributed by atoms with Crippen molar-refractivity contribution in [2.45, 2.75) is 44.4 Å². The summed E-state index contributed by atoms with van der Waals surface area (Å²) in [6.07, 6.45) is 4.79. The number of fused-ring (bicyclic) bond motifs is 1. The third kappa shape index (κ3) is 4.85. The summed E-state index contributed by atoms with van der Waals surface area (Å²) >= 11 is 0. The van der Waals surface area contributed by atoms with Gasteiger partial charge in [-0.2, -0.15) is 0 Å². The molecule has 3 atom stereocenters. The summed E-state index contributed by atoms with van der Waals surface area (Å²) in [5.74, 6) is 0.492. The van der Waals surface area contributed by atoms with Crippen molar-refractivity contribution in [1.82, 2.24) is 4.90 Å². The van der Waals surface area contributed by atoms with Crippen molar-refractivity contribution in [2.75, 3.05) is 13.6 Å². The van der Waals surface area contributed by atoms with Gasteiger partial charge in [0.2, 0.25) is 0 Å². The molecule has 1 amide bonds. The molecule has 32 heavy (non-hydrogen) atoms. The van der Waals surface area contributed by atoms with Gasteiger partial charge in [0, 0.05) is 12.6 Å². The van der Waals surface area contributed by atoms with Gasteiger partial charge in [-0.25, -0.2) is 0 Å². The second-order valence-electron chi connectivity index (χ2n) is 9.26. The molecule has 0 saturated heterocycles. The molecule has 0 bridgehead atoms. The van der Waals surface area contributed by atoms with Crippen LogP contribution in [0.2, 0.25) is 0 Å². The van der Waals surface area contributed by atoms with Crippen molar-refractivity contribution < 1.29 is 14.7 Å². The largest absolute Gasteiger partial charge is 0.480 e. The van der Waals surface area contributed by atoms with Crippen LogP contribution >= 0.6 is 0 Å². The molecule has 1 N–H and O–H groups in total. The molecule has 4 nitrogen and oxygen atoms in total. The van der Waals surface area contributed by atoms with E-state index in [0.29, 0.717) is 23.3 Å². The average Bonchev–Trinajstić information content (AvgIpc) is 3.26. The Morgan fingerprint density at radius 1 is 1.00 bits per heavy atom. The van der Waals surface area contributed by atoms with E-state index in [1.165, 1.54) is 59.5 Å². The van der Waals surface area contributed by atoms with Crippen molar-refractivity contribution in [3.63, 3.8) is 0 Å². The first-order chi connectivity index (χ1) is 15.4. The number of aliphatic carboxylic acids is 1. The standard InChI is InChI=1S/C28H31NO3/c1-19(25-9-5-7-22-6-3-4-8-26(22)25)16-20-10-11-24(17-20)21-12-14-23(15-13-21)28(32)29(2)18-27(30)31/h3-9,12-15,19-20,24H,10-11,16-18H2,1-2H3,(H,30,31)/t19-,20+,24+/m0/s1. The maximum absolute atomic E-state index is 12.4. The zero-order valence-electron chi connectivity index (χ0n) is 18.8. The van der Waals surface area contributed by atoms with Gasteiger partial charge in [-0.05, 0) is 77.5 Å². The number of rotatable bonds is 7. The van der Waals surface area contributed by atoms with Gasteiger partial charge in [0.05, 0.1) is 0 Å². The quantitative estimate of drug-likeness (QED) is 0.496. The summed E-state index contributed by atoms with van der Waals surface area (Å²) in [5.41, 5.74) is 3.26. The normalized spacial score (nSPS) is 19.1. The highest BCUT2D eigenvalue weighted by molar-refractivity contribution is 5.95. The number of nitrogens with zero attached hydrogens (tertiary/aromatic N) is 1. The van der Waals surface area contributed by atoms with Crippen LogP contribution in [0.4, 0.5) is 0 Å². The van der Waals surface area contributed by atoms with Crippen LogP contribution in [0.5, 0.6) is 0 Å². The van der Waals surface area contributed by atoms with E-state index in [0.717, 1.165) is 0 Å². The summed E-state index contributed by atoms with van der Waals surface area (Å²) in [6.45, 7) is 2.06. The first-order valence-corrected chi connectivity index (χ1v) is 11.5. The Kier molecular flexibility index (Phi) is 6.59. The van der Waals surface area contributed by atoms with Crippen LogP contribution in [0.15, 0.2) is 66.7 Å². The van der Waals surface area contributed by atoms with Gasteiger partial charge in [0.15, 0.2) is 0 Å². The zero-order valence-corrected chi connectivity index (χ0v) is 18.8. The molecule has 166 valence electrons. The second kappa shape index (κ2) is 9.56. The van der Waals surface area contributed by atoms with Crippen LogP contribution in [0.3, 0.4) is 0 Å². The number of hydrogen-bond donors (Lipinski definition) is 1. The van der Waals surface area contributed by atoms with Gasteiger partial charge in [-0.15, -0.1) is 0 Å². The van der Waals surface area contributed by atoms with E-state index < -0.39 is 5.97 Å². The predicted octanol–water partition coefficient (Wildman–Crippen LogP) is 6.07. The molecule has 1 aliphatic carbocycles. The number of benzene rings is 3. The number of carbonyl (C=O) groups excluding carboxylic acids is 1. The van der Waals surface area contributed by atoms with E-state index >= 15 is 0 Å². The third-order valence-corrected chi connectivity index (χ3v) is 6.93. The molecule has 0 aliphatic heterocycles. The van der Waals surface area contributed by atoms with E-state index in [-0.39, 0.29) is 12.5 Å². The Hall–Kier alpha value is -3.14. The molecule has 4 rings (SSSR count). The highest BCUT2D eigenvalue weighted by atomic mass is 16.4. The summed E-state index contributed by atoms with van der Waals surface area (Å²) in [7, 11) is 1.52. The van der Waals surface area contributed by atoms with E-state index in [1.54, 1.807) is 0 Å². The predicted molar refractivity (Wildman–Crippen MR) is 128 cm³/mol. The molecule has 0 aromatic heterocycles. The molecular weight excluding hydrogens is 398 g/mol. The fraction of sp³-hybridized carbons (Fsp3) is 0.357. The van der Waals surface area contributed by atoms with Crippen LogP contribution in [0.25, 0.3) is 10.8 Å². The maximum Gasteiger partial charge on any atom is 0.323 e. The lowest BCUT2D eigenvalue weighted by molar-refractivity contribution is -0.137. The number of carboxylic acid groups (broad SMARTS) is 1. The highest BCUT2D eigenvalue weighted by Crippen LogP contribution is 2.43. The van der Waals surface area contributed by atoms with Crippen LogP contribution in [0.1, 0.15) is 65.9 Å². The van der Waals surface area contributed by atoms with Crippen molar-refractivity contribution in [1.29, 1.82) is 0 Å². The van der Waals surface area contributed by atoms with E-state index in [4.69, 9.17) is 5.11 Å². The molecule has 0 heterocycles. The smallest absolute Gasteiger partial charge is 0.323 e. The van der Waals surface area contributed by atoms with Gasteiger partial charge in [0.25, 0.3) is 5.91 Å². The van der Waals surface area contributed by atoms with Gasteiger partial charge in [-0.3, -0.25) is 9.59 Å². The number of carboxylic acids is 1. The molecule has 0 unspecified atom stereocenters.